The van der Waals surface area contributed by atoms with Gasteiger partial charge in [0.25, 0.3) is 0 Å². The second-order valence-electron chi connectivity index (χ2n) is 3.07. The van der Waals surface area contributed by atoms with E-state index in [9.17, 15) is 0 Å². The van der Waals surface area contributed by atoms with E-state index in [-0.39, 0.29) is 11.9 Å². The summed E-state index contributed by atoms with van der Waals surface area (Å²) in [6.45, 7) is 6.94. The van der Waals surface area contributed by atoms with Crippen LogP contribution in [-0.2, 0) is 9.47 Å². The zero-order valence-electron chi connectivity index (χ0n) is 6.31. The summed E-state index contributed by atoms with van der Waals surface area (Å²) in [6.07, 6.45) is 0.978. The summed E-state index contributed by atoms with van der Waals surface area (Å²) < 4.78 is 10.6. The molecule has 1 atom stereocenters. The highest BCUT2D eigenvalue weighted by atomic mass is 16.7. The van der Waals surface area contributed by atoms with Gasteiger partial charge in [-0.2, -0.15) is 0 Å². The third kappa shape index (κ3) is 1.95. The molecule has 9 heavy (non-hydrogen) atoms. The topological polar surface area (TPSA) is 18.5 Å². The Morgan fingerprint density at radius 1 is 1.44 bits per heavy atom. The van der Waals surface area contributed by atoms with Crippen LogP contribution in [0.1, 0.15) is 27.2 Å². The van der Waals surface area contributed by atoms with E-state index >= 15 is 0 Å². The zero-order valence-corrected chi connectivity index (χ0v) is 6.31. The number of hydrogen-bond acceptors (Lipinski definition) is 2. The van der Waals surface area contributed by atoms with E-state index < -0.39 is 0 Å². The highest BCUT2D eigenvalue weighted by molar-refractivity contribution is 4.71. The molecule has 2 heteroatoms. The largest absolute Gasteiger partial charge is 0.353 e. The first kappa shape index (κ1) is 7.03. The van der Waals surface area contributed by atoms with E-state index in [2.05, 4.69) is 13.8 Å². The average Bonchev–Trinajstić information content (AvgIpc) is 1.60. The van der Waals surface area contributed by atoms with Crippen molar-refractivity contribution in [1.29, 1.82) is 0 Å². The summed E-state index contributed by atoms with van der Waals surface area (Å²) in [5.74, 6) is 0. The van der Waals surface area contributed by atoms with Gasteiger partial charge in [-0.1, -0.05) is 0 Å². The average molecular weight is 130 g/mol. The highest BCUT2D eigenvalue weighted by Crippen LogP contribution is 2.21. The van der Waals surface area contributed by atoms with Crippen LogP contribution < -0.4 is 0 Å². The summed E-state index contributed by atoms with van der Waals surface area (Å²) in [6, 6.07) is 0. The van der Waals surface area contributed by atoms with Crippen molar-refractivity contribution in [2.75, 3.05) is 6.61 Å². The molecule has 0 aromatic rings. The molecule has 0 aliphatic carbocycles. The van der Waals surface area contributed by atoms with Gasteiger partial charge >= 0.3 is 0 Å². The van der Waals surface area contributed by atoms with E-state index in [1.54, 1.807) is 0 Å². The molecule has 0 aromatic heterocycles. The number of rotatable bonds is 0. The molecule has 2 nitrogen and oxygen atoms in total. The van der Waals surface area contributed by atoms with Gasteiger partial charge in [-0.05, 0) is 27.2 Å². The first-order valence-electron chi connectivity index (χ1n) is 3.40. The molecule has 0 spiro atoms. The van der Waals surface area contributed by atoms with E-state index in [4.69, 9.17) is 9.47 Å². The lowest BCUT2D eigenvalue weighted by molar-refractivity contribution is -0.235. The standard InChI is InChI=1S/C7H14O2/c1-6-8-5-4-7(2,3)9-6/h6H,4-5H2,1-3H3. The van der Waals surface area contributed by atoms with Gasteiger partial charge in [0.15, 0.2) is 6.29 Å². The highest BCUT2D eigenvalue weighted by Gasteiger charge is 2.26. The van der Waals surface area contributed by atoms with Crippen LogP contribution in [0.15, 0.2) is 0 Å². The minimum absolute atomic E-state index is 0.0197. The Hall–Kier alpha value is -0.0800. The van der Waals surface area contributed by atoms with Crippen LogP contribution in [0.25, 0.3) is 0 Å². The Labute approximate surface area is 56.2 Å². The molecule has 1 aliphatic heterocycles. The van der Waals surface area contributed by atoms with Gasteiger partial charge in [-0.25, -0.2) is 0 Å². The van der Waals surface area contributed by atoms with Gasteiger partial charge in [-0.3, -0.25) is 0 Å². The monoisotopic (exact) mass is 130 g/mol. The molecule has 1 rings (SSSR count). The third-order valence-electron chi connectivity index (χ3n) is 1.54. The predicted octanol–water partition coefficient (Wildman–Crippen LogP) is 1.55. The second-order valence-corrected chi connectivity index (χ2v) is 3.07. The van der Waals surface area contributed by atoms with Crippen LogP contribution in [0, 0.1) is 0 Å². The van der Waals surface area contributed by atoms with E-state index in [1.807, 2.05) is 6.92 Å². The maximum atomic E-state index is 5.45. The number of ether oxygens (including phenoxy) is 2. The minimum atomic E-state index is -0.0197. The fourth-order valence-electron chi connectivity index (χ4n) is 1.01. The van der Waals surface area contributed by atoms with Crippen molar-refractivity contribution in [3.8, 4) is 0 Å². The molecule has 0 aromatic carbocycles. The van der Waals surface area contributed by atoms with Gasteiger partial charge in [0, 0.05) is 0 Å². The molecule has 0 radical (unpaired) electrons. The molecule has 1 fully saturated rings. The molecular weight excluding hydrogens is 116 g/mol. The van der Waals surface area contributed by atoms with Crippen LogP contribution in [-0.4, -0.2) is 18.5 Å². The van der Waals surface area contributed by atoms with Gasteiger partial charge in [-0.15, -0.1) is 0 Å². The summed E-state index contributed by atoms with van der Waals surface area (Å²) in [4.78, 5) is 0. The molecule has 54 valence electrons. The molecule has 0 N–H and O–H groups in total. The first-order chi connectivity index (χ1) is 4.10. The van der Waals surface area contributed by atoms with Crippen molar-refractivity contribution in [3.63, 3.8) is 0 Å². The van der Waals surface area contributed by atoms with E-state index in [1.165, 1.54) is 0 Å². The van der Waals surface area contributed by atoms with Crippen molar-refractivity contribution < 1.29 is 9.47 Å². The van der Waals surface area contributed by atoms with Crippen molar-refractivity contribution in [1.82, 2.24) is 0 Å². The van der Waals surface area contributed by atoms with Crippen molar-refractivity contribution in [2.45, 2.75) is 39.1 Å². The summed E-state index contributed by atoms with van der Waals surface area (Å²) >= 11 is 0. The van der Waals surface area contributed by atoms with E-state index in [0.717, 1.165) is 13.0 Å². The summed E-state index contributed by atoms with van der Waals surface area (Å²) in [5, 5.41) is 0. The van der Waals surface area contributed by atoms with Gasteiger partial charge in [0.05, 0.1) is 12.2 Å². The first-order valence-corrected chi connectivity index (χ1v) is 3.40. The molecule has 1 saturated heterocycles. The van der Waals surface area contributed by atoms with Crippen LogP contribution in [0.4, 0.5) is 0 Å². The lowest BCUT2D eigenvalue weighted by Gasteiger charge is -2.34. The third-order valence-corrected chi connectivity index (χ3v) is 1.54. The molecule has 1 aliphatic rings. The molecule has 1 unspecified atom stereocenters. The lowest BCUT2D eigenvalue weighted by Crippen LogP contribution is -2.37. The Kier molecular flexibility index (Phi) is 1.78. The van der Waals surface area contributed by atoms with Crippen LogP contribution in [0.5, 0.6) is 0 Å². The quantitative estimate of drug-likeness (QED) is 0.495. The number of hydrogen-bond donors (Lipinski definition) is 0. The maximum absolute atomic E-state index is 5.45. The molecule has 0 amide bonds. The normalized spacial score (nSPS) is 34.3. The Balaban J connectivity index is 2.41. The van der Waals surface area contributed by atoms with Crippen LogP contribution in [0.3, 0.4) is 0 Å². The summed E-state index contributed by atoms with van der Waals surface area (Å²) in [5.41, 5.74) is 0.0255. The van der Waals surface area contributed by atoms with Crippen LogP contribution >= 0.6 is 0 Å². The smallest absolute Gasteiger partial charge is 0.155 e. The molecular formula is C7H14O2. The van der Waals surface area contributed by atoms with Crippen molar-refractivity contribution in [2.24, 2.45) is 0 Å². The van der Waals surface area contributed by atoms with Gasteiger partial charge in [0.1, 0.15) is 0 Å². The minimum Gasteiger partial charge on any atom is -0.353 e. The lowest BCUT2D eigenvalue weighted by atomic mass is 10.1. The summed E-state index contributed by atoms with van der Waals surface area (Å²) in [7, 11) is 0. The fraction of sp³-hybridized carbons (Fsp3) is 1.00. The van der Waals surface area contributed by atoms with Gasteiger partial charge < -0.3 is 9.47 Å². The SMILES string of the molecule is CC1OCCC(C)(C)O1. The fourth-order valence-corrected chi connectivity index (χ4v) is 1.01. The molecule has 0 bridgehead atoms. The van der Waals surface area contributed by atoms with E-state index in [0.29, 0.717) is 0 Å². The zero-order chi connectivity index (χ0) is 6.91. The molecule has 1 heterocycles. The predicted molar refractivity (Wildman–Crippen MR) is 35.2 cm³/mol. The van der Waals surface area contributed by atoms with Crippen molar-refractivity contribution >= 4 is 0 Å². The maximum Gasteiger partial charge on any atom is 0.155 e. The molecule has 0 saturated carbocycles. The Morgan fingerprint density at radius 3 is 2.44 bits per heavy atom. The van der Waals surface area contributed by atoms with Gasteiger partial charge in [0.2, 0.25) is 0 Å². The van der Waals surface area contributed by atoms with Crippen LogP contribution in [0.2, 0.25) is 0 Å². The Bertz CT molecular complexity index is 99.1. The van der Waals surface area contributed by atoms with Crippen molar-refractivity contribution in [3.05, 3.63) is 0 Å². The second kappa shape index (κ2) is 2.27. The Morgan fingerprint density at radius 2 is 2.11 bits per heavy atom.